The molecule has 0 aliphatic heterocycles. The number of ether oxygens (including phenoxy) is 1. The van der Waals surface area contributed by atoms with Crippen LogP contribution in [0, 0.1) is 0 Å². The Kier molecular flexibility index (Phi) is 3.39. The van der Waals surface area contributed by atoms with Crippen molar-refractivity contribution in [2.24, 2.45) is 0 Å². The lowest BCUT2D eigenvalue weighted by Crippen LogP contribution is -2.39. The van der Waals surface area contributed by atoms with Gasteiger partial charge < -0.3 is 15.0 Å². The minimum atomic E-state index is -0.359. The minimum absolute atomic E-state index is 0.115. The predicted molar refractivity (Wildman–Crippen MR) is 71.7 cm³/mol. The van der Waals surface area contributed by atoms with Crippen molar-refractivity contribution in [3.8, 4) is 0 Å². The molecule has 4 nitrogen and oxygen atoms in total. The number of methoxy groups -OCH3 is 1. The molecular formula is C14H18N2O2. The number of fused-ring (bicyclic) bond motifs is 1. The highest BCUT2D eigenvalue weighted by Crippen LogP contribution is 2.14. The van der Waals surface area contributed by atoms with Gasteiger partial charge in [0.2, 0.25) is 0 Å². The summed E-state index contributed by atoms with van der Waals surface area (Å²) in [5.74, 6) is -0.115. The van der Waals surface area contributed by atoms with Crippen molar-refractivity contribution in [1.29, 1.82) is 0 Å². The molecule has 0 aliphatic rings. The summed E-state index contributed by atoms with van der Waals surface area (Å²) in [5.41, 5.74) is 1.18. The molecule has 1 amide bonds. The lowest BCUT2D eigenvalue weighted by molar-refractivity contribution is 0.0228. The van der Waals surface area contributed by atoms with Gasteiger partial charge in [0.1, 0.15) is 5.69 Å². The Balaban J connectivity index is 2.09. The summed E-state index contributed by atoms with van der Waals surface area (Å²) in [5, 5.41) is 3.89. The number of aromatic nitrogens is 1. The van der Waals surface area contributed by atoms with Crippen LogP contribution in [0.25, 0.3) is 10.9 Å². The van der Waals surface area contributed by atoms with E-state index in [1.807, 2.05) is 44.2 Å². The van der Waals surface area contributed by atoms with Gasteiger partial charge in [0.05, 0.1) is 5.60 Å². The van der Waals surface area contributed by atoms with E-state index >= 15 is 0 Å². The van der Waals surface area contributed by atoms with Crippen LogP contribution in [-0.4, -0.2) is 30.1 Å². The number of H-pyrrole nitrogens is 1. The van der Waals surface area contributed by atoms with Crippen LogP contribution in [0.3, 0.4) is 0 Å². The predicted octanol–water partition coefficient (Wildman–Crippen LogP) is 2.32. The molecule has 1 aromatic heterocycles. The molecule has 1 aromatic carbocycles. The molecule has 18 heavy (non-hydrogen) atoms. The molecule has 0 saturated heterocycles. The van der Waals surface area contributed by atoms with Gasteiger partial charge in [-0.15, -0.1) is 0 Å². The fourth-order valence-corrected chi connectivity index (χ4v) is 1.66. The Morgan fingerprint density at radius 1 is 1.39 bits per heavy atom. The van der Waals surface area contributed by atoms with E-state index in [0.29, 0.717) is 12.2 Å². The number of aromatic amines is 1. The van der Waals surface area contributed by atoms with Gasteiger partial charge in [0.15, 0.2) is 0 Å². The fourth-order valence-electron chi connectivity index (χ4n) is 1.66. The number of benzene rings is 1. The molecule has 96 valence electrons. The van der Waals surface area contributed by atoms with Gasteiger partial charge in [-0.3, -0.25) is 4.79 Å². The van der Waals surface area contributed by atoms with Crippen molar-refractivity contribution in [2.75, 3.05) is 13.7 Å². The van der Waals surface area contributed by atoms with E-state index in [1.165, 1.54) is 0 Å². The number of carbonyl (C=O) groups is 1. The number of para-hydroxylation sites is 1. The smallest absolute Gasteiger partial charge is 0.267 e. The van der Waals surface area contributed by atoms with E-state index in [2.05, 4.69) is 10.3 Å². The van der Waals surface area contributed by atoms with Crippen molar-refractivity contribution in [3.05, 3.63) is 36.0 Å². The van der Waals surface area contributed by atoms with Gasteiger partial charge in [-0.05, 0) is 26.0 Å². The van der Waals surface area contributed by atoms with Gasteiger partial charge in [-0.2, -0.15) is 0 Å². The number of hydrogen-bond donors (Lipinski definition) is 2. The largest absolute Gasteiger partial charge is 0.377 e. The third-order valence-electron chi connectivity index (χ3n) is 3.00. The zero-order chi connectivity index (χ0) is 13.2. The molecule has 2 aromatic rings. The lowest BCUT2D eigenvalue weighted by atomic mass is 10.1. The highest BCUT2D eigenvalue weighted by Gasteiger charge is 2.18. The van der Waals surface area contributed by atoms with E-state index < -0.39 is 0 Å². The molecular weight excluding hydrogens is 228 g/mol. The first-order chi connectivity index (χ1) is 8.52. The first-order valence-corrected chi connectivity index (χ1v) is 5.93. The Morgan fingerprint density at radius 3 is 2.78 bits per heavy atom. The minimum Gasteiger partial charge on any atom is -0.377 e. The second-order valence-electron chi connectivity index (χ2n) is 4.92. The average molecular weight is 246 g/mol. The van der Waals surface area contributed by atoms with Gasteiger partial charge in [0.25, 0.3) is 5.91 Å². The van der Waals surface area contributed by atoms with Crippen LogP contribution < -0.4 is 5.32 Å². The number of hydrogen-bond acceptors (Lipinski definition) is 2. The summed E-state index contributed by atoms with van der Waals surface area (Å²) < 4.78 is 5.26. The SMILES string of the molecule is COC(C)(C)CNC(=O)c1cc2ccccc2[nH]1. The van der Waals surface area contributed by atoms with Crippen LogP contribution in [0.5, 0.6) is 0 Å². The maximum atomic E-state index is 12.0. The second kappa shape index (κ2) is 4.82. The molecule has 0 spiro atoms. The van der Waals surface area contributed by atoms with Crippen LogP contribution >= 0.6 is 0 Å². The third-order valence-corrected chi connectivity index (χ3v) is 3.00. The molecule has 0 bridgehead atoms. The van der Waals surface area contributed by atoms with Gasteiger partial charge >= 0.3 is 0 Å². The second-order valence-corrected chi connectivity index (χ2v) is 4.92. The molecule has 0 atom stereocenters. The Bertz CT molecular complexity index is 525. The normalized spacial score (nSPS) is 11.7. The Morgan fingerprint density at radius 2 is 2.11 bits per heavy atom. The van der Waals surface area contributed by atoms with E-state index in [-0.39, 0.29) is 11.5 Å². The lowest BCUT2D eigenvalue weighted by Gasteiger charge is -2.22. The summed E-state index contributed by atoms with van der Waals surface area (Å²) in [6.45, 7) is 4.33. The molecule has 2 rings (SSSR count). The number of nitrogens with one attached hydrogen (secondary N) is 2. The summed E-state index contributed by atoms with van der Waals surface area (Å²) in [6.07, 6.45) is 0. The first kappa shape index (κ1) is 12.6. The van der Waals surface area contributed by atoms with Gasteiger partial charge in [-0.25, -0.2) is 0 Å². The van der Waals surface area contributed by atoms with Crippen molar-refractivity contribution in [3.63, 3.8) is 0 Å². The maximum Gasteiger partial charge on any atom is 0.267 e. The molecule has 0 fully saturated rings. The van der Waals surface area contributed by atoms with Gasteiger partial charge in [-0.1, -0.05) is 18.2 Å². The standard InChI is InChI=1S/C14H18N2O2/c1-14(2,18-3)9-15-13(17)12-8-10-6-4-5-7-11(10)16-12/h4-8,16H,9H2,1-3H3,(H,15,17). The fraction of sp³-hybridized carbons (Fsp3) is 0.357. The van der Waals surface area contributed by atoms with Crippen LogP contribution in [-0.2, 0) is 4.74 Å². The van der Waals surface area contributed by atoms with Crippen molar-refractivity contribution in [1.82, 2.24) is 10.3 Å². The van der Waals surface area contributed by atoms with E-state index in [9.17, 15) is 4.79 Å². The van der Waals surface area contributed by atoms with Crippen molar-refractivity contribution >= 4 is 16.8 Å². The van der Waals surface area contributed by atoms with E-state index in [0.717, 1.165) is 10.9 Å². The summed E-state index contributed by atoms with van der Waals surface area (Å²) in [6, 6.07) is 9.66. The zero-order valence-electron chi connectivity index (χ0n) is 10.9. The molecule has 0 radical (unpaired) electrons. The van der Waals surface area contributed by atoms with E-state index in [4.69, 9.17) is 4.74 Å². The molecule has 4 heteroatoms. The zero-order valence-corrected chi connectivity index (χ0v) is 10.9. The first-order valence-electron chi connectivity index (χ1n) is 5.93. The number of carbonyl (C=O) groups excluding carboxylic acids is 1. The molecule has 2 N–H and O–H groups in total. The molecule has 1 heterocycles. The van der Waals surface area contributed by atoms with Crippen LogP contribution in [0.4, 0.5) is 0 Å². The Labute approximate surface area is 106 Å². The summed E-state index contributed by atoms with van der Waals surface area (Å²) in [4.78, 5) is 15.1. The van der Waals surface area contributed by atoms with Crippen molar-refractivity contribution in [2.45, 2.75) is 19.4 Å². The Hall–Kier alpha value is -1.81. The van der Waals surface area contributed by atoms with Crippen LogP contribution in [0.15, 0.2) is 30.3 Å². The highest BCUT2D eigenvalue weighted by molar-refractivity contribution is 5.97. The van der Waals surface area contributed by atoms with Crippen LogP contribution in [0.1, 0.15) is 24.3 Å². The molecule has 0 unspecified atom stereocenters. The summed E-state index contributed by atoms with van der Waals surface area (Å²) >= 11 is 0. The van der Waals surface area contributed by atoms with Crippen molar-refractivity contribution < 1.29 is 9.53 Å². The average Bonchev–Trinajstić information content (AvgIpc) is 2.80. The highest BCUT2D eigenvalue weighted by atomic mass is 16.5. The summed E-state index contributed by atoms with van der Waals surface area (Å²) in [7, 11) is 1.63. The topological polar surface area (TPSA) is 54.1 Å². The quantitative estimate of drug-likeness (QED) is 0.870. The maximum absolute atomic E-state index is 12.0. The molecule has 0 saturated carbocycles. The van der Waals surface area contributed by atoms with Crippen LogP contribution in [0.2, 0.25) is 0 Å². The number of amides is 1. The van der Waals surface area contributed by atoms with Gasteiger partial charge in [0, 0.05) is 24.6 Å². The third kappa shape index (κ3) is 2.71. The number of rotatable bonds is 4. The molecule has 0 aliphatic carbocycles. The monoisotopic (exact) mass is 246 g/mol. The van der Waals surface area contributed by atoms with E-state index in [1.54, 1.807) is 7.11 Å².